The van der Waals surface area contributed by atoms with Crippen LogP contribution in [0.15, 0.2) is 0 Å². The molecule has 0 aromatic rings. The van der Waals surface area contributed by atoms with Crippen molar-refractivity contribution in [2.45, 2.75) is 38.1 Å². The molecule has 1 saturated carbocycles. The van der Waals surface area contributed by atoms with Crippen LogP contribution in [-0.4, -0.2) is 55.4 Å². The van der Waals surface area contributed by atoms with Crippen molar-refractivity contribution in [3.63, 3.8) is 0 Å². The first-order valence-corrected chi connectivity index (χ1v) is 8.56. The van der Waals surface area contributed by atoms with Gasteiger partial charge in [-0.05, 0) is 31.3 Å². The van der Waals surface area contributed by atoms with Gasteiger partial charge in [0, 0.05) is 20.6 Å². The zero-order valence-electron chi connectivity index (χ0n) is 12.8. The third kappa shape index (κ3) is 4.38. The number of nitrogens with one attached hydrogen (secondary N) is 1. The molecule has 20 heavy (non-hydrogen) atoms. The summed E-state index contributed by atoms with van der Waals surface area (Å²) in [5.41, 5.74) is 5.43. The van der Waals surface area contributed by atoms with E-state index in [1.54, 1.807) is 30.8 Å². The van der Waals surface area contributed by atoms with Crippen molar-refractivity contribution in [3.05, 3.63) is 0 Å². The van der Waals surface area contributed by atoms with Gasteiger partial charge in [0.25, 0.3) is 0 Å². The predicted molar refractivity (Wildman–Crippen MR) is 83.6 cm³/mol. The van der Waals surface area contributed by atoms with Gasteiger partial charge in [-0.1, -0.05) is 12.8 Å². The summed E-state index contributed by atoms with van der Waals surface area (Å²) >= 11 is 1.68. The van der Waals surface area contributed by atoms with Crippen LogP contribution in [0.25, 0.3) is 0 Å². The molecule has 3 N–H and O–H groups in total. The molecule has 1 aliphatic rings. The first-order chi connectivity index (χ1) is 9.43. The maximum Gasteiger partial charge on any atom is 0.236 e. The lowest BCUT2D eigenvalue weighted by molar-refractivity contribution is -0.139. The Kier molecular flexibility index (Phi) is 6.82. The Balaban J connectivity index is 2.55. The lowest BCUT2D eigenvalue weighted by Gasteiger charge is -2.31. The van der Waals surface area contributed by atoms with Gasteiger partial charge in [0.1, 0.15) is 0 Å². The second-order valence-electron chi connectivity index (χ2n) is 5.79. The predicted octanol–water partition coefficient (Wildman–Crippen LogP) is 0.832. The Labute approximate surface area is 126 Å². The topological polar surface area (TPSA) is 75.4 Å². The minimum absolute atomic E-state index is 0.119. The van der Waals surface area contributed by atoms with Crippen LogP contribution in [0, 0.1) is 5.41 Å². The van der Waals surface area contributed by atoms with E-state index in [1.807, 2.05) is 6.26 Å². The molecule has 0 saturated heterocycles. The lowest BCUT2D eigenvalue weighted by atomic mass is 9.84. The average Bonchev–Trinajstić information content (AvgIpc) is 2.91. The van der Waals surface area contributed by atoms with Gasteiger partial charge in [-0.3, -0.25) is 9.59 Å². The summed E-state index contributed by atoms with van der Waals surface area (Å²) in [6.45, 7) is 0.413. The lowest BCUT2D eigenvalue weighted by Crippen LogP contribution is -2.50. The van der Waals surface area contributed by atoms with E-state index in [-0.39, 0.29) is 11.8 Å². The Morgan fingerprint density at radius 1 is 1.35 bits per heavy atom. The normalized spacial score (nSPS) is 18.6. The van der Waals surface area contributed by atoms with Crippen molar-refractivity contribution in [3.8, 4) is 0 Å². The summed E-state index contributed by atoms with van der Waals surface area (Å²) in [7, 11) is 3.54. The molecule has 0 aromatic carbocycles. The Bertz CT molecular complexity index is 341. The van der Waals surface area contributed by atoms with Crippen LogP contribution < -0.4 is 11.1 Å². The van der Waals surface area contributed by atoms with Crippen molar-refractivity contribution in [1.29, 1.82) is 0 Å². The average molecular weight is 301 g/mol. The molecule has 0 aromatic heterocycles. The highest BCUT2D eigenvalue weighted by Crippen LogP contribution is 2.38. The molecule has 0 spiro atoms. The maximum atomic E-state index is 12.4. The van der Waals surface area contributed by atoms with Gasteiger partial charge in [0.2, 0.25) is 11.8 Å². The van der Waals surface area contributed by atoms with E-state index in [1.165, 1.54) is 0 Å². The van der Waals surface area contributed by atoms with Gasteiger partial charge in [-0.2, -0.15) is 11.8 Å². The van der Waals surface area contributed by atoms with Crippen molar-refractivity contribution in [2.75, 3.05) is 32.6 Å². The number of carbonyl (C=O) groups is 2. The maximum absolute atomic E-state index is 12.4. The number of carbonyl (C=O) groups excluding carboxylic acids is 2. The zero-order valence-corrected chi connectivity index (χ0v) is 13.6. The molecule has 1 atom stereocenters. The summed E-state index contributed by atoms with van der Waals surface area (Å²) in [6, 6.07) is -0.477. The molecule has 0 unspecified atom stereocenters. The second-order valence-corrected chi connectivity index (χ2v) is 6.78. The Morgan fingerprint density at radius 2 is 1.95 bits per heavy atom. The van der Waals surface area contributed by atoms with E-state index in [2.05, 4.69) is 5.32 Å². The largest absolute Gasteiger partial charge is 0.354 e. The van der Waals surface area contributed by atoms with Crippen LogP contribution in [0.2, 0.25) is 0 Å². The van der Waals surface area contributed by atoms with Gasteiger partial charge in [0.15, 0.2) is 0 Å². The van der Waals surface area contributed by atoms with Crippen LogP contribution in [0.5, 0.6) is 0 Å². The van der Waals surface area contributed by atoms with E-state index >= 15 is 0 Å². The molecule has 5 nitrogen and oxygen atoms in total. The molecule has 1 aliphatic carbocycles. The highest BCUT2D eigenvalue weighted by Gasteiger charge is 2.42. The van der Waals surface area contributed by atoms with E-state index in [4.69, 9.17) is 5.73 Å². The van der Waals surface area contributed by atoms with E-state index in [0.29, 0.717) is 13.0 Å². The number of hydrogen-bond donors (Lipinski definition) is 2. The number of rotatable bonds is 7. The number of hydrogen-bond acceptors (Lipinski definition) is 4. The minimum Gasteiger partial charge on any atom is -0.354 e. The number of nitrogens with two attached hydrogens (primary N) is 1. The standard InChI is InChI=1S/C14H27N3O2S/c1-17(2)13(19)14(7-4-5-8-14)10-16-12(18)11(15)6-9-20-3/h11H,4-10,15H2,1-3H3,(H,16,18)/t11-/m0/s1. The van der Waals surface area contributed by atoms with Crippen molar-refractivity contribution in [1.82, 2.24) is 10.2 Å². The van der Waals surface area contributed by atoms with Crippen LogP contribution in [-0.2, 0) is 9.59 Å². The molecule has 1 rings (SSSR count). The SMILES string of the molecule is CSCC[C@H](N)C(=O)NCC1(C(=O)N(C)C)CCCC1. The second kappa shape index (κ2) is 7.88. The van der Waals surface area contributed by atoms with Crippen molar-refractivity contribution >= 4 is 23.6 Å². The van der Waals surface area contributed by atoms with E-state index < -0.39 is 11.5 Å². The monoisotopic (exact) mass is 301 g/mol. The van der Waals surface area contributed by atoms with Crippen molar-refractivity contribution < 1.29 is 9.59 Å². The molecule has 0 radical (unpaired) electrons. The molecule has 6 heteroatoms. The fraction of sp³-hybridized carbons (Fsp3) is 0.857. The quantitative estimate of drug-likeness (QED) is 0.730. The first kappa shape index (κ1) is 17.3. The third-order valence-corrected chi connectivity index (χ3v) is 4.64. The smallest absolute Gasteiger partial charge is 0.236 e. The number of amides is 2. The molecule has 0 heterocycles. The molecule has 116 valence electrons. The number of nitrogens with zero attached hydrogens (tertiary/aromatic N) is 1. The highest BCUT2D eigenvalue weighted by molar-refractivity contribution is 7.98. The van der Waals surface area contributed by atoms with Crippen LogP contribution in [0.1, 0.15) is 32.1 Å². The highest BCUT2D eigenvalue weighted by atomic mass is 32.2. The molecular formula is C14H27N3O2S. The van der Waals surface area contributed by atoms with Crippen LogP contribution in [0.3, 0.4) is 0 Å². The van der Waals surface area contributed by atoms with E-state index in [0.717, 1.165) is 31.4 Å². The van der Waals surface area contributed by atoms with Gasteiger partial charge < -0.3 is 16.0 Å². The van der Waals surface area contributed by atoms with Gasteiger partial charge >= 0.3 is 0 Å². The molecular weight excluding hydrogens is 274 g/mol. The van der Waals surface area contributed by atoms with Crippen LogP contribution >= 0.6 is 11.8 Å². The van der Waals surface area contributed by atoms with E-state index in [9.17, 15) is 9.59 Å². The molecule has 0 aliphatic heterocycles. The molecule has 1 fully saturated rings. The van der Waals surface area contributed by atoms with Gasteiger partial charge in [0.05, 0.1) is 11.5 Å². The summed E-state index contributed by atoms with van der Waals surface area (Å²) in [5.74, 6) is 0.848. The first-order valence-electron chi connectivity index (χ1n) is 7.17. The van der Waals surface area contributed by atoms with Gasteiger partial charge in [-0.25, -0.2) is 0 Å². The zero-order chi connectivity index (χ0) is 15.2. The third-order valence-electron chi connectivity index (χ3n) is 3.99. The minimum atomic E-state index is -0.477. The Morgan fingerprint density at radius 3 is 2.45 bits per heavy atom. The fourth-order valence-corrected chi connectivity index (χ4v) is 3.25. The summed E-state index contributed by atoms with van der Waals surface area (Å²) in [6.07, 6.45) is 6.46. The fourth-order valence-electron chi connectivity index (χ4n) is 2.76. The van der Waals surface area contributed by atoms with Crippen LogP contribution in [0.4, 0.5) is 0 Å². The number of thioether (sulfide) groups is 1. The molecule has 0 bridgehead atoms. The summed E-state index contributed by atoms with van der Waals surface area (Å²) in [5, 5.41) is 2.89. The molecule has 2 amide bonds. The summed E-state index contributed by atoms with van der Waals surface area (Å²) in [4.78, 5) is 26.0. The van der Waals surface area contributed by atoms with Crippen molar-refractivity contribution in [2.24, 2.45) is 11.1 Å². The Hall–Kier alpha value is -0.750. The van der Waals surface area contributed by atoms with Gasteiger partial charge in [-0.15, -0.1) is 0 Å². The summed E-state index contributed by atoms with van der Waals surface area (Å²) < 4.78 is 0.